The summed E-state index contributed by atoms with van der Waals surface area (Å²) in [6.45, 7) is 0. The lowest BCUT2D eigenvalue weighted by Crippen LogP contribution is -2.33. The summed E-state index contributed by atoms with van der Waals surface area (Å²) in [5, 5.41) is 0.914. The van der Waals surface area contributed by atoms with Gasteiger partial charge in [-0.15, -0.1) is 0 Å². The smallest absolute Gasteiger partial charge is 0.349 e. The highest BCUT2D eigenvalue weighted by molar-refractivity contribution is 7.17. The van der Waals surface area contributed by atoms with Crippen LogP contribution in [0.1, 0.15) is 41.8 Å². The standard InChI is InChI=1S/C12H18N2O2S/c1-14(9-6-4-3-5-7-9)12-13-8-10(17-12)11(15)16-2/h8-9H,3-7H2,1-2H3. The number of carbonyl (C=O) groups is 1. The molecule has 2 rings (SSSR count). The molecule has 17 heavy (non-hydrogen) atoms. The summed E-state index contributed by atoms with van der Waals surface area (Å²) in [6.07, 6.45) is 7.99. The molecule has 0 spiro atoms. The molecular formula is C12H18N2O2S. The fourth-order valence-electron chi connectivity index (χ4n) is 2.25. The lowest BCUT2D eigenvalue weighted by molar-refractivity contribution is 0.0606. The summed E-state index contributed by atoms with van der Waals surface area (Å²) in [5.74, 6) is -0.300. The number of hydrogen-bond acceptors (Lipinski definition) is 5. The Morgan fingerprint density at radius 2 is 2.18 bits per heavy atom. The van der Waals surface area contributed by atoms with Gasteiger partial charge in [0, 0.05) is 13.1 Å². The number of thiazole rings is 1. The monoisotopic (exact) mass is 254 g/mol. The highest BCUT2D eigenvalue weighted by Crippen LogP contribution is 2.29. The lowest BCUT2D eigenvalue weighted by atomic mass is 9.95. The molecule has 5 heteroatoms. The van der Waals surface area contributed by atoms with Crippen molar-refractivity contribution in [3.8, 4) is 0 Å². The van der Waals surface area contributed by atoms with E-state index in [1.54, 1.807) is 6.20 Å². The molecule has 1 aliphatic carbocycles. The topological polar surface area (TPSA) is 42.4 Å². The van der Waals surface area contributed by atoms with Gasteiger partial charge < -0.3 is 9.64 Å². The van der Waals surface area contributed by atoms with Gasteiger partial charge in [0.25, 0.3) is 0 Å². The van der Waals surface area contributed by atoms with Crippen LogP contribution in [-0.4, -0.2) is 31.2 Å². The average molecular weight is 254 g/mol. The van der Waals surface area contributed by atoms with Crippen LogP contribution in [0.15, 0.2) is 6.20 Å². The third kappa shape index (κ3) is 2.77. The summed E-state index contributed by atoms with van der Waals surface area (Å²) in [7, 11) is 3.46. The number of rotatable bonds is 3. The van der Waals surface area contributed by atoms with Crippen LogP contribution in [-0.2, 0) is 4.74 Å². The highest BCUT2D eigenvalue weighted by atomic mass is 32.1. The maximum Gasteiger partial charge on any atom is 0.349 e. The van der Waals surface area contributed by atoms with E-state index in [2.05, 4.69) is 21.7 Å². The van der Waals surface area contributed by atoms with Crippen molar-refractivity contribution in [2.75, 3.05) is 19.1 Å². The third-order valence-electron chi connectivity index (χ3n) is 3.30. The first-order valence-electron chi connectivity index (χ1n) is 5.99. The van der Waals surface area contributed by atoms with E-state index in [0.29, 0.717) is 10.9 Å². The Hall–Kier alpha value is -1.10. The molecule has 1 aromatic heterocycles. The third-order valence-corrected chi connectivity index (χ3v) is 4.37. The first-order chi connectivity index (χ1) is 8.22. The zero-order valence-corrected chi connectivity index (χ0v) is 11.1. The first-order valence-corrected chi connectivity index (χ1v) is 6.81. The number of aromatic nitrogens is 1. The molecule has 0 amide bonds. The van der Waals surface area contributed by atoms with E-state index in [-0.39, 0.29) is 5.97 Å². The molecule has 0 aliphatic heterocycles. The van der Waals surface area contributed by atoms with Crippen molar-refractivity contribution >= 4 is 22.4 Å². The SMILES string of the molecule is COC(=O)c1cnc(N(C)C2CCCCC2)s1. The van der Waals surface area contributed by atoms with Crippen LogP contribution in [0.3, 0.4) is 0 Å². The zero-order valence-electron chi connectivity index (χ0n) is 10.3. The van der Waals surface area contributed by atoms with Crippen LogP contribution >= 0.6 is 11.3 Å². The molecule has 0 atom stereocenters. The summed E-state index contributed by atoms with van der Waals surface area (Å²) in [4.78, 5) is 18.4. The molecule has 1 aliphatic rings. The summed E-state index contributed by atoms with van der Waals surface area (Å²) >= 11 is 1.41. The normalized spacial score (nSPS) is 16.8. The minimum atomic E-state index is -0.300. The van der Waals surface area contributed by atoms with E-state index in [1.807, 2.05) is 0 Å². The first kappa shape index (κ1) is 12.4. The molecule has 1 aromatic rings. The van der Waals surface area contributed by atoms with Gasteiger partial charge in [-0.05, 0) is 12.8 Å². The maximum atomic E-state index is 11.4. The molecular weight excluding hydrogens is 236 g/mol. The van der Waals surface area contributed by atoms with E-state index in [4.69, 9.17) is 0 Å². The van der Waals surface area contributed by atoms with Gasteiger partial charge in [-0.2, -0.15) is 0 Å². The predicted octanol–water partition coefficient (Wildman–Crippen LogP) is 2.70. The van der Waals surface area contributed by atoms with Crippen molar-refractivity contribution < 1.29 is 9.53 Å². The zero-order chi connectivity index (χ0) is 12.3. The fourth-order valence-corrected chi connectivity index (χ4v) is 3.11. The number of nitrogens with zero attached hydrogens (tertiary/aromatic N) is 2. The van der Waals surface area contributed by atoms with E-state index < -0.39 is 0 Å². The number of anilines is 1. The predicted molar refractivity (Wildman–Crippen MR) is 68.7 cm³/mol. The molecule has 0 unspecified atom stereocenters. The number of methoxy groups -OCH3 is 1. The Balaban J connectivity index is 2.05. The molecule has 94 valence electrons. The molecule has 1 fully saturated rings. The van der Waals surface area contributed by atoms with E-state index in [1.165, 1.54) is 50.6 Å². The van der Waals surface area contributed by atoms with Crippen LogP contribution in [0.25, 0.3) is 0 Å². The van der Waals surface area contributed by atoms with Crippen molar-refractivity contribution in [1.29, 1.82) is 0 Å². The van der Waals surface area contributed by atoms with Gasteiger partial charge in [-0.1, -0.05) is 30.6 Å². The van der Waals surface area contributed by atoms with Crippen LogP contribution in [0.5, 0.6) is 0 Å². The minimum Gasteiger partial charge on any atom is -0.465 e. The lowest BCUT2D eigenvalue weighted by Gasteiger charge is -2.30. The van der Waals surface area contributed by atoms with Gasteiger partial charge in [-0.3, -0.25) is 0 Å². The fraction of sp³-hybridized carbons (Fsp3) is 0.667. The number of hydrogen-bond donors (Lipinski definition) is 0. The van der Waals surface area contributed by atoms with Crippen LogP contribution < -0.4 is 4.90 Å². The average Bonchev–Trinajstić information content (AvgIpc) is 2.87. The van der Waals surface area contributed by atoms with Gasteiger partial charge >= 0.3 is 5.97 Å². The molecule has 0 bridgehead atoms. The molecule has 0 N–H and O–H groups in total. The van der Waals surface area contributed by atoms with Crippen molar-refractivity contribution in [2.45, 2.75) is 38.1 Å². The highest BCUT2D eigenvalue weighted by Gasteiger charge is 2.21. The van der Waals surface area contributed by atoms with Gasteiger partial charge in [-0.25, -0.2) is 9.78 Å². The second kappa shape index (κ2) is 5.49. The Morgan fingerprint density at radius 1 is 1.47 bits per heavy atom. The van der Waals surface area contributed by atoms with Crippen LogP contribution in [0.4, 0.5) is 5.13 Å². The molecule has 1 heterocycles. The van der Waals surface area contributed by atoms with E-state index in [9.17, 15) is 4.79 Å². The van der Waals surface area contributed by atoms with E-state index >= 15 is 0 Å². The Kier molecular flexibility index (Phi) is 3.99. The van der Waals surface area contributed by atoms with Gasteiger partial charge in [0.05, 0.1) is 13.3 Å². The number of ether oxygens (including phenoxy) is 1. The Morgan fingerprint density at radius 3 is 2.82 bits per heavy atom. The Labute approximate surface area is 106 Å². The van der Waals surface area contributed by atoms with Crippen molar-refractivity contribution in [3.05, 3.63) is 11.1 Å². The van der Waals surface area contributed by atoms with Crippen molar-refractivity contribution in [2.24, 2.45) is 0 Å². The van der Waals surface area contributed by atoms with E-state index in [0.717, 1.165) is 5.13 Å². The van der Waals surface area contributed by atoms with Crippen molar-refractivity contribution in [1.82, 2.24) is 4.98 Å². The Bertz CT molecular complexity index is 386. The van der Waals surface area contributed by atoms with Gasteiger partial charge in [0.2, 0.25) is 0 Å². The quantitative estimate of drug-likeness (QED) is 0.778. The number of carbonyl (C=O) groups excluding carboxylic acids is 1. The number of esters is 1. The van der Waals surface area contributed by atoms with Crippen LogP contribution in [0.2, 0.25) is 0 Å². The summed E-state index contributed by atoms with van der Waals surface area (Å²) in [5.41, 5.74) is 0. The largest absolute Gasteiger partial charge is 0.465 e. The van der Waals surface area contributed by atoms with Gasteiger partial charge in [0.15, 0.2) is 5.13 Å². The van der Waals surface area contributed by atoms with Crippen LogP contribution in [0, 0.1) is 0 Å². The molecule has 4 nitrogen and oxygen atoms in total. The van der Waals surface area contributed by atoms with Gasteiger partial charge in [0.1, 0.15) is 4.88 Å². The second-order valence-electron chi connectivity index (χ2n) is 4.40. The molecule has 0 aromatic carbocycles. The summed E-state index contributed by atoms with van der Waals surface area (Å²) < 4.78 is 4.69. The molecule has 0 saturated heterocycles. The second-order valence-corrected chi connectivity index (χ2v) is 5.41. The van der Waals surface area contributed by atoms with Crippen molar-refractivity contribution in [3.63, 3.8) is 0 Å². The molecule has 1 saturated carbocycles. The molecule has 0 radical (unpaired) electrons. The minimum absolute atomic E-state index is 0.300. The maximum absolute atomic E-state index is 11.4. The summed E-state index contributed by atoms with van der Waals surface area (Å²) in [6, 6.07) is 0.570.